The quantitative estimate of drug-likeness (QED) is 0.624. The molecule has 8 nitrogen and oxygen atoms in total. The molecule has 0 aromatic heterocycles. The molecule has 0 spiro atoms. The van der Waals surface area contributed by atoms with Crippen molar-refractivity contribution in [3.63, 3.8) is 0 Å². The second-order valence-electron chi connectivity index (χ2n) is 6.38. The molecule has 0 heterocycles. The summed E-state index contributed by atoms with van der Waals surface area (Å²) >= 11 is 0. The Labute approximate surface area is 141 Å². The summed E-state index contributed by atoms with van der Waals surface area (Å²) in [6.07, 6.45) is -1.19. The maximum atomic E-state index is 11.2. The molecule has 0 saturated carbocycles. The smallest absolute Gasteiger partial charge is 0.310 e. The number of rotatable bonds is 8. The van der Waals surface area contributed by atoms with Gasteiger partial charge in [-0.1, -0.05) is 0 Å². The average Bonchev–Trinajstić information content (AvgIpc) is 2.21. The Morgan fingerprint density at radius 1 is 0.750 bits per heavy atom. The maximum Gasteiger partial charge on any atom is 0.310 e. The lowest BCUT2D eigenvalue weighted by Gasteiger charge is -2.20. The molecule has 0 aliphatic heterocycles. The molecular formula is C16H25NO7. The Kier molecular flexibility index (Phi) is 11.1. The van der Waals surface area contributed by atoms with E-state index in [2.05, 4.69) is 5.32 Å². The molecule has 0 fully saturated rings. The number of ketones is 4. The highest BCUT2D eigenvalue weighted by Gasteiger charge is 2.17. The molecular weight excluding hydrogens is 318 g/mol. The Hall–Kier alpha value is -2.38. The summed E-state index contributed by atoms with van der Waals surface area (Å²) in [6.45, 7) is 8.08. The van der Waals surface area contributed by atoms with Crippen LogP contribution in [0.2, 0.25) is 0 Å². The Bertz CT molecular complexity index is 497. The van der Waals surface area contributed by atoms with Gasteiger partial charge in [0.1, 0.15) is 23.8 Å². The number of carboxylic acid groups (broad SMARTS) is 1. The van der Waals surface area contributed by atoms with Gasteiger partial charge >= 0.3 is 5.97 Å². The van der Waals surface area contributed by atoms with E-state index in [0.29, 0.717) is 0 Å². The molecule has 0 bridgehead atoms. The van der Waals surface area contributed by atoms with Gasteiger partial charge in [-0.2, -0.15) is 0 Å². The van der Waals surface area contributed by atoms with Gasteiger partial charge in [0.15, 0.2) is 5.78 Å². The fraction of sp³-hybridized carbons (Fsp3) is 0.625. The van der Waals surface area contributed by atoms with Crippen molar-refractivity contribution in [2.75, 3.05) is 0 Å². The molecule has 0 aliphatic rings. The van der Waals surface area contributed by atoms with Crippen LogP contribution < -0.4 is 5.32 Å². The van der Waals surface area contributed by atoms with Crippen LogP contribution in [0, 0.1) is 0 Å². The number of aliphatic carboxylic acids is 1. The van der Waals surface area contributed by atoms with Gasteiger partial charge in [0.05, 0.1) is 19.3 Å². The van der Waals surface area contributed by atoms with Gasteiger partial charge < -0.3 is 10.4 Å². The van der Waals surface area contributed by atoms with Crippen LogP contribution >= 0.6 is 0 Å². The van der Waals surface area contributed by atoms with Gasteiger partial charge in [-0.15, -0.1) is 0 Å². The van der Waals surface area contributed by atoms with E-state index in [1.54, 1.807) is 0 Å². The number of hydrogen-bond acceptors (Lipinski definition) is 6. The van der Waals surface area contributed by atoms with Crippen molar-refractivity contribution in [2.24, 2.45) is 0 Å². The van der Waals surface area contributed by atoms with Crippen molar-refractivity contribution in [3.05, 3.63) is 0 Å². The lowest BCUT2D eigenvalue weighted by atomic mass is 10.1. The molecule has 0 aromatic rings. The zero-order chi connectivity index (χ0) is 19.5. The summed E-state index contributed by atoms with van der Waals surface area (Å²) < 4.78 is 0. The molecule has 0 rings (SSSR count). The van der Waals surface area contributed by atoms with Gasteiger partial charge in [0, 0.05) is 5.54 Å². The Morgan fingerprint density at radius 3 is 1.42 bits per heavy atom. The minimum atomic E-state index is -1.19. The van der Waals surface area contributed by atoms with Crippen LogP contribution in [0.5, 0.6) is 0 Å². The second-order valence-corrected chi connectivity index (χ2v) is 6.38. The van der Waals surface area contributed by atoms with Crippen LogP contribution in [0.25, 0.3) is 0 Å². The highest BCUT2D eigenvalue weighted by molar-refractivity contribution is 6.06. The number of carbonyl (C=O) groups is 6. The topological polar surface area (TPSA) is 135 Å². The van der Waals surface area contributed by atoms with E-state index < -0.39 is 18.2 Å². The lowest BCUT2D eigenvalue weighted by molar-refractivity contribution is -0.141. The van der Waals surface area contributed by atoms with Crippen LogP contribution in [0.3, 0.4) is 0 Å². The summed E-state index contributed by atoms with van der Waals surface area (Å²) in [7, 11) is 0. The van der Waals surface area contributed by atoms with Crippen molar-refractivity contribution in [1.82, 2.24) is 5.32 Å². The summed E-state index contributed by atoms with van der Waals surface area (Å²) in [5, 5.41) is 10.7. The number of hydrogen-bond donors (Lipinski definition) is 2. The standard InChI is InChI=1S/C10H17NO3.C6H8O4/c1-7(12)5-8(13)6-9(14)11-10(2,3)4;1-4(7)2-5(8)3-6(9)10/h5-6H2,1-4H3,(H,11,14);2-3H2,1H3,(H,9,10). The first kappa shape index (κ1) is 23.9. The van der Waals surface area contributed by atoms with E-state index in [9.17, 15) is 28.8 Å². The van der Waals surface area contributed by atoms with E-state index in [-0.39, 0.29) is 48.1 Å². The van der Waals surface area contributed by atoms with Gasteiger partial charge in [0.2, 0.25) is 5.91 Å². The van der Waals surface area contributed by atoms with Crippen molar-refractivity contribution in [1.29, 1.82) is 0 Å². The predicted octanol–water partition coefficient (Wildman–Crippen LogP) is 0.849. The molecule has 136 valence electrons. The average molecular weight is 343 g/mol. The van der Waals surface area contributed by atoms with E-state index in [4.69, 9.17) is 5.11 Å². The highest BCUT2D eigenvalue weighted by atomic mass is 16.4. The Morgan fingerprint density at radius 2 is 1.12 bits per heavy atom. The largest absolute Gasteiger partial charge is 0.481 e. The second kappa shape index (κ2) is 11.2. The van der Waals surface area contributed by atoms with Gasteiger partial charge in [-0.3, -0.25) is 28.8 Å². The minimum Gasteiger partial charge on any atom is -0.481 e. The summed E-state index contributed by atoms with van der Waals surface area (Å²) in [6, 6.07) is 0. The van der Waals surface area contributed by atoms with Crippen LogP contribution in [-0.2, 0) is 28.8 Å². The predicted molar refractivity (Wildman–Crippen MR) is 85.4 cm³/mol. The van der Waals surface area contributed by atoms with Crippen LogP contribution in [0.1, 0.15) is 60.3 Å². The van der Waals surface area contributed by atoms with Crippen molar-refractivity contribution >= 4 is 35.0 Å². The molecule has 0 saturated heterocycles. The Balaban J connectivity index is 0. The number of nitrogens with one attached hydrogen (secondary N) is 1. The van der Waals surface area contributed by atoms with Crippen LogP contribution in [0.15, 0.2) is 0 Å². The molecule has 0 radical (unpaired) electrons. The first-order chi connectivity index (χ1) is 10.7. The van der Waals surface area contributed by atoms with Gasteiger partial charge in [-0.25, -0.2) is 0 Å². The first-order valence-corrected chi connectivity index (χ1v) is 7.28. The molecule has 24 heavy (non-hydrogen) atoms. The highest BCUT2D eigenvalue weighted by Crippen LogP contribution is 2.00. The number of Topliss-reactive ketones (excluding diaryl/α,β-unsaturated/α-hetero) is 4. The monoisotopic (exact) mass is 343 g/mol. The van der Waals surface area contributed by atoms with E-state index >= 15 is 0 Å². The molecule has 0 atom stereocenters. The van der Waals surface area contributed by atoms with Crippen molar-refractivity contribution in [2.45, 2.75) is 65.8 Å². The van der Waals surface area contributed by atoms with Gasteiger partial charge in [0.25, 0.3) is 0 Å². The van der Waals surface area contributed by atoms with E-state index in [1.807, 2.05) is 20.8 Å². The third-order valence-electron chi connectivity index (χ3n) is 2.11. The van der Waals surface area contributed by atoms with Gasteiger partial charge in [-0.05, 0) is 34.6 Å². The minimum absolute atomic E-state index is 0.155. The van der Waals surface area contributed by atoms with Crippen molar-refractivity contribution in [3.8, 4) is 0 Å². The van der Waals surface area contributed by atoms with Crippen LogP contribution in [-0.4, -0.2) is 45.7 Å². The lowest BCUT2D eigenvalue weighted by Crippen LogP contribution is -2.41. The van der Waals surface area contributed by atoms with E-state index in [1.165, 1.54) is 13.8 Å². The molecule has 1 amide bonds. The molecule has 0 aromatic carbocycles. The third-order valence-corrected chi connectivity index (χ3v) is 2.11. The molecule has 2 N–H and O–H groups in total. The molecule has 8 heteroatoms. The number of carboxylic acids is 1. The molecule has 0 aliphatic carbocycles. The maximum absolute atomic E-state index is 11.2. The number of carbonyl (C=O) groups excluding carboxylic acids is 5. The third kappa shape index (κ3) is 19.6. The summed E-state index contributed by atoms with van der Waals surface area (Å²) in [4.78, 5) is 63.4. The SMILES string of the molecule is CC(=O)CC(=O)CC(=O)NC(C)(C)C.CC(=O)CC(=O)CC(=O)O. The fourth-order valence-electron chi connectivity index (χ4n) is 1.49. The summed E-state index contributed by atoms with van der Waals surface area (Å²) in [5.74, 6) is -2.90. The number of amides is 1. The summed E-state index contributed by atoms with van der Waals surface area (Å²) in [5.41, 5.74) is -0.340. The van der Waals surface area contributed by atoms with Crippen molar-refractivity contribution < 1.29 is 33.9 Å². The fourth-order valence-corrected chi connectivity index (χ4v) is 1.49. The van der Waals surface area contributed by atoms with Crippen LogP contribution in [0.4, 0.5) is 0 Å². The zero-order valence-corrected chi connectivity index (χ0v) is 14.7. The zero-order valence-electron chi connectivity index (χ0n) is 14.7. The molecule has 0 unspecified atom stereocenters. The van der Waals surface area contributed by atoms with E-state index in [0.717, 1.165) is 0 Å². The normalized spacial score (nSPS) is 10.0. The first-order valence-electron chi connectivity index (χ1n) is 7.28.